The van der Waals surface area contributed by atoms with Crippen molar-refractivity contribution in [1.29, 1.82) is 0 Å². The van der Waals surface area contributed by atoms with Crippen LogP contribution < -0.4 is 0 Å². The molecule has 1 saturated heterocycles. The fourth-order valence-corrected chi connectivity index (χ4v) is 1.26. The van der Waals surface area contributed by atoms with Crippen molar-refractivity contribution in [2.45, 2.75) is 24.6 Å². The third-order valence-corrected chi connectivity index (χ3v) is 2.00. The highest BCUT2D eigenvalue weighted by Gasteiger charge is 2.38. The zero-order valence-corrected chi connectivity index (χ0v) is 7.14. The third-order valence-electron chi connectivity index (χ3n) is 2.00. The van der Waals surface area contributed by atoms with E-state index in [2.05, 4.69) is 0 Å². The molecule has 2 N–H and O–H groups in total. The van der Waals surface area contributed by atoms with Gasteiger partial charge in [0.1, 0.15) is 18.3 Å². The van der Waals surface area contributed by atoms with Crippen LogP contribution in [0.1, 0.15) is 0 Å². The molecular formula is C7H14O5. The van der Waals surface area contributed by atoms with E-state index in [0.29, 0.717) is 0 Å². The minimum atomic E-state index is -1.18. The van der Waals surface area contributed by atoms with Gasteiger partial charge in [0.05, 0.1) is 6.61 Å². The van der Waals surface area contributed by atoms with Crippen molar-refractivity contribution in [3.05, 3.63) is 0 Å². The highest BCUT2D eigenvalue weighted by molar-refractivity contribution is 4.83. The molecule has 72 valence electrons. The van der Waals surface area contributed by atoms with Crippen LogP contribution in [0.5, 0.6) is 0 Å². The minimum absolute atomic E-state index is 0.229. The molecule has 5 nitrogen and oxygen atoms in total. The highest BCUT2D eigenvalue weighted by Crippen LogP contribution is 2.17. The summed E-state index contributed by atoms with van der Waals surface area (Å²) in [5.74, 6) is 0. The summed E-state index contributed by atoms with van der Waals surface area (Å²) >= 11 is 0. The predicted molar refractivity (Wildman–Crippen MR) is 39.6 cm³/mol. The van der Waals surface area contributed by atoms with Crippen LogP contribution in [0.3, 0.4) is 0 Å². The van der Waals surface area contributed by atoms with Gasteiger partial charge in [-0.2, -0.15) is 0 Å². The summed E-state index contributed by atoms with van der Waals surface area (Å²) in [5, 5.41) is 18.4. The van der Waals surface area contributed by atoms with E-state index in [-0.39, 0.29) is 12.7 Å². The maximum atomic E-state index is 9.36. The Kier molecular flexibility index (Phi) is 3.42. The summed E-state index contributed by atoms with van der Waals surface area (Å²) in [7, 11) is 2.96. The van der Waals surface area contributed by atoms with Gasteiger partial charge in [-0.1, -0.05) is 0 Å². The summed E-state index contributed by atoms with van der Waals surface area (Å²) in [6.07, 6.45) is -3.08. The third kappa shape index (κ3) is 1.75. The molecule has 0 aromatic rings. The monoisotopic (exact) mass is 178 g/mol. The maximum Gasteiger partial charge on any atom is 0.183 e. The van der Waals surface area contributed by atoms with E-state index in [1.54, 1.807) is 0 Å². The molecule has 0 aliphatic carbocycles. The van der Waals surface area contributed by atoms with E-state index in [1.165, 1.54) is 14.2 Å². The van der Waals surface area contributed by atoms with Crippen molar-refractivity contribution in [3.63, 3.8) is 0 Å². The Balaban J connectivity index is 2.58. The second-order valence-corrected chi connectivity index (χ2v) is 2.69. The fraction of sp³-hybridized carbons (Fsp3) is 1.00. The largest absolute Gasteiger partial charge is 0.385 e. The van der Waals surface area contributed by atoms with Crippen LogP contribution in [0.15, 0.2) is 0 Å². The molecule has 5 heteroatoms. The van der Waals surface area contributed by atoms with Gasteiger partial charge in [0, 0.05) is 14.2 Å². The molecule has 0 aromatic carbocycles. The smallest absolute Gasteiger partial charge is 0.183 e. The van der Waals surface area contributed by atoms with Crippen molar-refractivity contribution in [1.82, 2.24) is 0 Å². The van der Waals surface area contributed by atoms with Gasteiger partial charge in [-0.25, -0.2) is 0 Å². The van der Waals surface area contributed by atoms with Crippen molar-refractivity contribution < 1.29 is 24.4 Å². The summed E-state index contributed by atoms with van der Waals surface area (Å²) < 4.78 is 14.8. The second kappa shape index (κ2) is 4.15. The molecule has 1 fully saturated rings. The summed E-state index contributed by atoms with van der Waals surface area (Å²) in [4.78, 5) is 0. The Morgan fingerprint density at radius 3 is 2.42 bits per heavy atom. The second-order valence-electron chi connectivity index (χ2n) is 2.69. The van der Waals surface area contributed by atoms with Crippen LogP contribution in [0, 0.1) is 0 Å². The van der Waals surface area contributed by atoms with Gasteiger partial charge in [-0.05, 0) is 0 Å². The molecule has 12 heavy (non-hydrogen) atoms. The normalized spacial score (nSPS) is 43.0. The van der Waals surface area contributed by atoms with Crippen LogP contribution in [0.25, 0.3) is 0 Å². The first-order valence-corrected chi connectivity index (χ1v) is 3.74. The zero-order valence-electron chi connectivity index (χ0n) is 7.14. The van der Waals surface area contributed by atoms with Gasteiger partial charge in [-0.3, -0.25) is 0 Å². The molecule has 1 unspecified atom stereocenters. The van der Waals surface area contributed by atoms with Gasteiger partial charge < -0.3 is 24.4 Å². The molecule has 0 radical (unpaired) electrons. The average molecular weight is 178 g/mol. The number of aliphatic hydroxyl groups is 2. The first-order valence-electron chi connectivity index (χ1n) is 3.74. The van der Waals surface area contributed by atoms with Crippen LogP contribution in [0.4, 0.5) is 0 Å². The van der Waals surface area contributed by atoms with Crippen molar-refractivity contribution >= 4 is 0 Å². The topological polar surface area (TPSA) is 68.2 Å². The highest BCUT2D eigenvalue weighted by atomic mass is 16.6. The Bertz CT molecular complexity index is 138. The Morgan fingerprint density at radius 2 is 1.92 bits per heavy atom. The minimum Gasteiger partial charge on any atom is -0.385 e. The first-order chi connectivity index (χ1) is 5.70. The SMILES string of the molecule is CO[C@H]1[C@@H](OC)COC(O)[C@@H]1O. The van der Waals surface area contributed by atoms with E-state index in [0.717, 1.165) is 0 Å². The van der Waals surface area contributed by atoms with Crippen LogP contribution in [0.2, 0.25) is 0 Å². The molecule has 1 rings (SSSR count). The Hall–Kier alpha value is -0.200. The Morgan fingerprint density at radius 1 is 1.25 bits per heavy atom. The standard InChI is InChI=1S/C7H14O5/c1-10-4-3-12-7(9)5(8)6(4)11-2/h4-9H,3H2,1-2H3/t4-,5+,6-,7?/m0/s1. The van der Waals surface area contributed by atoms with E-state index in [4.69, 9.17) is 19.3 Å². The average Bonchev–Trinajstić information content (AvgIpc) is 2.09. The van der Waals surface area contributed by atoms with Crippen molar-refractivity contribution in [2.24, 2.45) is 0 Å². The summed E-state index contributed by atoms with van der Waals surface area (Å²) in [6.45, 7) is 0.229. The number of hydrogen-bond acceptors (Lipinski definition) is 5. The molecule has 0 aromatic heterocycles. The number of ether oxygens (including phenoxy) is 3. The first kappa shape index (κ1) is 9.88. The molecule has 1 aliphatic heterocycles. The fourth-order valence-electron chi connectivity index (χ4n) is 1.26. The number of aliphatic hydroxyl groups excluding tert-OH is 2. The molecule has 1 heterocycles. The Labute approximate surface area is 70.9 Å². The lowest BCUT2D eigenvalue weighted by Gasteiger charge is -2.36. The zero-order chi connectivity index (χ0) is 9.14. The van der Waals surface area contributed by atoms with Crippen molar-refractivity contribution in [3.8, 4) is 0 Å². The van der Waals surface area contributed by atoms with Gasteiger partial charge in [0.15, 0.2) is 6.29 Å². The van der Waals surface area contributed by atoms with Crippen LogP contribution in [-0.2, 0) is 14.2 Å². The van der Waals surface area contributed by atoms with Crippen LogP contribution >= 0.6 is 0 Å². The molecular weight excluding hydrogens is 164 g/mol. The maximum absolute atomic E-state index is 9.36. The molecule has 0 saturated carbocycles. The van der Waals surface area contributed by atoms with E-state index in [1.807, 2.05) is 0 Å². The molecule has 1 aliphatic rings. The number of hydrogen-bond donors (Lipinski definition) is 2. The van der Waals surface area contributed by atoms with Gasteiger partial charge in [0.2, 0.25) is 0 Å². The van der Waals surface area contributed by atoms with E-state index in [9.17, 15) is 5.11 Å². The lowest BCUT2D eigenvalue weighted by Crippen LogP contribution is -2.54. The lowest BCUT2D eigenvalue weighted by atomic mass is 10.1. The van der Waals surface area contributed by atoms with Gasteiger partial charge >= 0.3 is 0 Å². The van der Waals surface area contributed by atoms with E-state index >= 15 is 0 Å². The molecule has 4 atom stereocenters. The summed E-state index contributed by atoms with van der Waals surface area (Å²) in [6, 6.07) is 0. The number of methoxy groups -OCH3 is 2. The lowest BCUT2D eigenvalue weighted by molar-refractivity contribution is -0.261. The number of rotatable bonds is 2. The van der Waals surface area contributed by atoms with Gasteiger partial charge in [0.25, 0.3) is 0 Å². The van der Waals surface area contributed by atoms with Crippen LogP contribution in [-0.4, -0.2) is 55.6 Å². The molecule has 0 bridgehead atoms. The summed E-state index contributed by atoms with van der Waals surface area (Å²) in [5.41, 5.74) is 0. The quantitative estimate of drug-likeness (QED) is 0.551. The van der Waals surface area contributed by atoms with Crippen molar-refractivity contribution in [2.75, 3.05) is 20.8 Å². The van der Waals surface area contributed by atoms with E-state index < -0.39 is 18.5 Å². The molecule has 0 spiro atoms. The molecule has 0 amide bonds. The van der Waals surface area contributed by atoms with Gasteiger partial charge in [-0.15, -0.1) is 0 Å². The predicted octanol–water partition coefficient (Wildman–Crippen LogP) is -1.27.